The van der Waals surface area contributed by atoms with E-state index in [4.69, 9.17) is 5.73 Å². The Bertz CT molecular complexity index is 700. The zero-order chi connectivity index (χ0) is 17.9. The van der Waals surface area contributed by atoms with Gasteiger partial charge in [0.05, 0.1) is 4.88 Å². The molecule has 0 saturated carbocycles. The summed E-state index contributed by atoms with van der Waals surface area (Å²) in [6.07, 6.45) is 0.787. The van der Waals surface area contributed by atoms with Crippen LogP contribution in [-0.4, -0.2) is 30.4 Å². The molecule has 0 fully saturated rings. The molecule has 3 nitrogen and oxygen atoms in total. The molecule has 0 spiro atoms. The molecule has 2 rings (SSSR count). The summed E-state index contributed by atoms with van der Waals surface area (Å²) in [5.41, 5.74) is 7.96. The molecule has 0 saturated heterocycles. The number of halogens is 2. The van der Waals surface area contributed by atoms with Crippen molar-refractivity contribution in [3.63, 3.8) is 0 Å². The average molecular weight is 385 g/mol. The van der Waals surface area contributed by atoms with Crippen LogP contribution in [0.3, 0.4) is 0 Å². The van der Waals surface area contributed by atoms with Gasteiger partial charge in [-0.05, 0) is 48.6 Å². The Morgan fingerprint density at radius 2 is 1.88 bits per heavy atom. The van der Waals surface area contributed by atoms with Crippen molar-refractivity contribution in [1.29, 1.82) is 0 Å². The standard InChI is InChI=1S/C19H25FN2OS.ClH/c1-12(2)17(21)9-10-22(4)19(23)18-11-16(13(3)24-18)14-5-7-15(20)8-6-14;/h5-8,11-12,17H,9-10,21H2,1-4H3;1H. The molecule has 2 N–H and O–H groups in total. The molecule has 2 aromatic rings. The third-order valence-electron chi connectivity index (χ3n) is 4.28. The number of hydrogen-bond donors (Lipinski definition) is 1. The first-order valence-electron chi connectivity index (χ1n) is 8.17. The highest BCUT2D eigenvalue weighted by Crippen LogP contribution is 2.31. The zero-order valence-electron chi connectivity index (χ0n) is 15.1. The van der Waals surface area contributed by atoms with Crippen molar-refractivity contribution >= 4 is 29.7 Å². The number of rotatable bonds is 6. The molecule has 6 heteroatoms. The molecule has 0 aliphatic rings. The van der Waals surface area contributed by atoms with Crippen molar-refractivity contribution in [3.05, 3.63) is 45.9 Å². The third kappa shape index (κ3) is 5.53. The van der Waals surface area contributed by atoms with E-state index in [-0.39, 0.29) is 30.2 Å². The van der Waals surface area contributed by atoms with Gasteiger partial charge in [-0.15, -0.1) is 23.7 Å². The van der Waals surface area contributed by atoms with Gasteiger partial charge < -0.3 is 10.6 Å². The Kier molecular flexibility index (Phi) is 8.06. The van der Waals surface area contributed by atoms with Crippen molar-refractivity contribution in [2.24, 2.45) is 11.7 Å². The Balaban J connectivity index is 0.00000312. The minimum atomic E-state index is -0.260. The van der Waals surface area contributed by atoms with Crippen molar-refractivity contribution in [2.75, 3.05) is 13.6 Å². The van der Waals surface area contributed by atoms with E-state index in [1.807, 2.05) is 20.0 Å². The monoisotopic (exact) mass is 384 g/mol. The van der Waals surface area contributed by atoms with Crippen molar-refractivity contribution in [1.82, 2.24) is 4.90 Å². The number of aryl methyl sites for hydroxylation is 1. The van der Waals surface area contributed by atoms with E-state index in [0.717, 1.165) is 22.4 Å². The van der Waals surface area contributed by atoms with Gasteiger partial charge in [0.15, 0.2) is 0 Å². The van der Waals surface area contributed by atoms with Gasteiger partial charge >= 0.3 is 0 Å². The maximum atomic E-state index is 13.1. The van der Waals surface area contributed by atoms with Gasteiger partial charge in [0.25, 0.3) is 5.91 Å². The predicted octanol–water partition coefficient (Wildman–Crippen LogP) is 4.73. The van der Waals surface area contributed by atoms with Gasteiger partial charge in [0.2, 0.25) is 0 Å². The lowest BCUT2D eigenvalue weighted by molar-refractivity contribution is 0.0794. The lowest BCUT2D eigenvalue weighted by atomic mass is 10.0. The fourth-order valence-electron chi connectivity index (χ4n) is 2.47. The first-order chi connectivity index (χ1) is 11.3. The Morgan fingerprint density at radius 1 is 1.28 bits per heavy atom. The van der Waals surface area contributed by atoms with Crippen molar-refractivity contribution in [3.8, 4) is 11.1 Å². The van der Waals surface area contributed by atoms with Gasteiger partial charge in [-0.2, -0.15) is 0 Å². The number of carbonyl (C=O) groups excluding carboxylic acids is 1. The Hall–Kier alpha value is -1.43. The van der Waals surface area contributed by atoms with Crippen LogP contribution in [0.2, 0.25) is 0 Å². The van der Waals surface area contributed by atoms with E-state index in [2.05, 4.69) is 13.8 Å². The average Bonchev–Trinajstić information content (AvgIpc) is 2.93. The second kappa shape index (κ2) is 9.32. The summed E-state index contributed by atoms with van der Waals surface area (Å²) < 4.78 is 13.1. The van der Waals surface area contributed by atoms with E-state index in [9.17, 15) is 9.18 Å². The number of nitrogens with two attached hydrogens (primary N) is 1. The Morgan fingerprint density at radius 3 is 2.44 bits per heavy atom. The molecule has 1 amide bonds. The molecular formula is C19H26ClFN2OS. The van der Waals surface area contributed by atoms with E-state index in [1.165, 1.54) is 23.5 Å². The largest absolute Gasteiger partial charge is 0.341 e. The molecule has 1 unspecified atom stereocenters. The topological polar surface area (TPSA) is 46.3 Å². The zero-order valence-corrected chi connectivity index (χ0v) is 16.7. The third-order valence-corrected chi connectivity index (χ3v) is 5.32. The molecule has 138 valence electrons. The van der Waals surface area contributed by atoms with E-state index < -0.39 is 0 Å². The van der Waals surface area contributed by atoms with Crippen LogP contribution >= 0.6 is 23.7 Å². The molecule has 0 bridgehead atoms. The lowest BCUT2D eigenvalue weighted by Gasteiger charge is -2.21. The van der Waals surface area contributed by atoms with Gasteiger partial charge in [-0.3, -0.25) is 4.79 Å². The smallest absolute Gasteiger partial charge is 0.263 e. The van der Waals surface area contributed by atoms with Crippen molar-refractivity contribution in [2.45, 2.75) is 33.2 Å². The summed E-state index contributed by atoms with van der Waals surface area (Å²) in [5.74, 6) is 0.152. The van der Waals surface area contributed by atoms with Crippen LogP contribution < -0.4 is 5.73 Å². The Labute approximate surface area is 159 Å². The second-order valence-electron chi connectivity index (χ2n) is 6.51. The molecule has 25 heavy (non-hydrogen) atoms. The number of amides is 1. The molecule has 0 radical (unpaired) electrons. The minimum Gasteiger partial charge on any atom is -0.341 e. The fraction of sp³-hybridized carbons (Fsp3) is 0.421. The summed E-state index contributed by atoms with van der Waals surface area (Å²) in [7, 11) is 1.81. The van der Waals surface area contributed by atoms with Crippen LogP contribution in [0.25, 0.3) is 11.1 Å². The molecule has 1 aromatic carbocycles. The highest BCUT2D eigenvalue weighted by Gasteiger charge is 2.18. The van der Waals surface area contributed by atoms with E-state index >= 15 is 0 Å². The number of hydrogen-bond acceptors (Lipinski definition) is 3. The van der Waals surface area contributed by atoms with Gasteiger partial charge in [0, 0.05) is 24.5 Å². The first kappa shape index (κ1) is 21.6. The number of carbonyl (C=O) groups is 1. The van der Waals surface area contributed by atoms with Crippen molar-refractivity contribution < 1.29 is 9.18 Å². The van der Waals surface area contributed by atoms with Crippen LogP contribution in [-0.2, 0) is 0 Å². The predicted molar refractivity (Wildman–Crippen MR) is 106 cm³/mol. The van der Waals surface area contributed by atoms with Crippen LogP contribution in [0.4, 0.5) is 4.39 Å². The summed E-state index contributed by atoms with van der Waals surface area (Å²) in [4.78, 5) is 16.1. The second-order valence-corrected chi connectivity index (χ2v) is 7.77. The maximum Gasteiger partial charge on any atom is 0.263 e. The normalized spacial score (nSPS) is 12.0. The van der Waals surface area contributed by atoms with Crippen LogP contribution in [0.5, 0.6) is 0 Å². The van der Waals surface area contributed by atoms with E-state index in [1.54, 1.807) is 17.0 Å². The molecule has 0 aliphatic heterocycles. The number of thiophene rings is 1. The minimum absolute atomic E-state index is 0. The van der Waals surface area contributed by atoms with Crippen LogP contribution in [0.1, 0.15) is 34.8 Å². The van der Waals surface area contributed by atoms with Crippen LogP contribution in [0, 0.1) is 18.7 Å². The van der Waals surface area contributed by atoms with Gasteiger partial charge in [-0.25, -0.2) is 4.39 Å². The summed E-state index contributed by atoms with van der Waals surface area (Å²) in [6.45, 7) is 6.80. The summed E-state index contributed by atoms with van der Waals surface area (Å²) in [6, 6.07) is 8.35. The summed E-state index contributed by atoms with van der Waals surface area (Å²) in [5, 5.41) is 0. The highest BCUT2D eigenvalue weighted by molar-refractivity contribution is 7.14. The molecular weight excluding hydrogens is 359 g/mol. The molecule has 0 aliphatic carbocycles. The molecule has 1 heterocycles. The number of nitrogens with zero attached hydrogens (tertiary/aromatic N) is 1. The fourth-order valence-corrected chi connectivity index (χ4v) is 3.51. The van der Waals surface area contributed by atoms with Gasteiger partial charge in [-0.1, -0.05) is 26.0 Å². The lowest BCUT2D eigenvalue weighted by Crippen LogP contribution is -2.34. The van der Waals surface area contributed by atoms with E-state index in [0.29, 0.717) is 17.3 Å². The highest BCUT2D eigenvalue weighted by atomic mass is 35.5. The molecule has 1 atom stereocenters. The molecule has 1 aromatic heterocycles. The summed E-state index contributed by atoms with van der Waals surface area (Å²) >= 11 is 1.47. The number of benzene rings is 1. The maximum absolute atomic E-state index is 13.1. The van der Waals surface area contributed by atoms with Gasteiger partial charge in [0.1, 0.15) is 5.82 Å². The SMILES string of the molecule is Cc1sc(C(=O)N(C)CCC(N)C(C)C)cc1-c1ccc(F)cc1.Cl. The van der Waals surface area contributed by atoms with Crippen LogP contribution in [0.15, 0.2) is 30.3 Å². The quantitative estimate of drug-likeness (QED) is 0.782. The first-order valence-corrected chi connectivity index (χ1v) is 8.98.